The topological polar surface area (TPSA) is 87.3 Å². The third-order valence-electron chi connectivity index (χ3n) is 2.49. The summed E-state index contributed by atoms with van der Waals surface area (Å²) in [5, 5.41) is 5.86. The molecule has 1 aliphatic heterocycles. The SMILES string of the molecule is CS(=O)(=O)Nc1ccc(NC(=O)C2CSCN2)cc1.Cl. The van der Waals surface area contributed by atoms with Crippen LogP contribution in [0.3, 0.4) is 0 Å². The van der Waals surface area contributed by atoms with Gasteiger partial charge in [-0.05, 0) is 24.3 Å². The Hall–Kier alpha value is -0.960. The summed E-state index contributed by atoms with van der Waals surface area (Å²) in [5.41, 5.74) is 1.11. The minimum absolute atomic E-state index is 0. The van der Waals surface area contributed by atoms with Crippen LogP contribution in [0.5, 0.6) is 0 Å². The number of thioether (sulfide) groups is 1. The Morgan fingerprint density at radius 3 is 2.40 bits per heavy atom. The van der Waals surface area contributed by atoms with E-state index in [1.165, 1.54) is 0 Å². The van der Waals surface area contributed by atoms with E-state index in [-0.39, 0.29) is 24.4 Å². The molecule has 1 unspecified atom stereocenters. The molecule has 112 valence electrons. The van der Waals surface area contributed by atoms with Gasteiger partial charge in [-0.2, -0.15) is 0 Å². The summed E-state index contributed by atoms with van der Waals surface area (Å²) in [6, 6.07) is 6.36. The van der Waals surface area contributed by atoms with Crippen molar-refractivity contribution in [3.05, 3.63) is 24.3 Å². The molecule has 1 heterocycles. The number of sulfonamides is 1. The molecule has 1 aliphatic rings. The number of amides is 1. The molecule has 9 heteroatoms. The lowest BCUT2D eigenvalue weighted by Gasteiger charge is -2.11. The maximum atomic E-state index is 11.8. The van der Waals surface area contributed by atoms with Crippen molar-refractivity contribution in [1.82, 2.24) is 5.32 Å². The van der Waals surface area contributed by atoms with E-state index in [1.54, 1.807) is 36.0 Å². The van der Waals surface area contributed by atoms with Crippen molar-refractivity contribution >= 4 is 51.5 Å². The van der Waals surface area contributed by atoms with Crippen molar-refractivity contribution in [3.63, 3.8) is 0 Å². The molecular formula is C11H16ClN3O3S2. The Morgan fingerprint density at radius 2 is 1.90 bits per heavy atom. The number of rotatable bonds is 4. The molecule has 1 atom stereocenters. The van der Waals surface area contributed by atoms with Gasteiger partial charge >= 0.3 is 0 Å². The molecular weight excluding hydrogens is 322 g/mol. The molecule has 0 aliphatic carbocycles. The zero-order valence-corrected chi connectivity index (χ0v) is 13.2. The maximum Gasteiger partial charge on any atom is 0.242 e. The second kappa shape index (κ2) is 7.16. The van der Waals surface area contributed by atoms with Crippen LogP contribution in [0.4, 0.5) is 11.4 Å². The van der Waals surface area contributed by atoms with Crippen molar-refractivity contribution in [3.8, 4) is 0 Å². The van der Waals surface area contributed by atoms with Gasteiger partial charge in [-0.3, -0.25) is 14.8 Å². The highest BCUT2D eigenvalue weighted by Gasteiger charge is 2.22. The first-order valence-corrected chi connectivity index (χ1v) is 8.68. The molecule has 6 nitrogen and oxygen atoms in total. The van der Waals surface area contributed by atoms with Crippen molar-refractivity contribution in [1.29, 1.82) is 0 Å². The van der Waals surface area contributed by atoms with Crippen LogP contribution in [-0.4, -0.2) is 38.3 Å². The van der Waals surface area contributed by atoms with Gasteiger partial charge in [-0.15, -0.1) is 24.2 Å². The average Bonchev–Trinajstić information content (AvgIpc) is 2.83. The van der Waals surface area contributed by atoms with Crippen LogP contribution >= 0.6 is 24.2 Å². The summed E-state index contributed by atoms with van der Waals surface area (Å²) in [7, 11) is -3.28. The molecule has 0 spiro atoms. The molecule has 1 amide bonds. The number of hydrogen-bond acceptors (Lipinski definition) is 5. The lowest BCUT2D eigenvalue weighted by atomic mass is 10.2. The van der Waals surface area contributed by atoms with E-state index in [0.29, 0.717) is 11.4 Å². The normalized spacial score (nSPS) is 18.1. The summed E-state index contributed by atoms with van der Waals surface area (Å²) in [6.45, 7) is 0. The number of nitrogens with one attached hydrogen (secondary N) is 3. The molecule has 1 aromatic carbocycles. The second-order valence-corrected chi connectivity index (χ2v) is 6.99. The number of carbonyl (C=O) groups is 1. The molecule has 20 heavy (non-hydrogen) atoms. The Kier molecular flexibility index (Phi) is 6.12. The van der Waals surface area contributed by atoms with E-state index < -0.39 is 10.0 Å². The molecule has 0 aromatic heterocycles. The smallest absolute Gasteiger partial charge is 0.242 e. The fourth-order valence-electron chi connectivity index (χ4n) is 1.63. The van der Waals surface area contributed by atoms with Crippen LogP contribution < -0.4 is 15.4 Å². The highest BCUT2D eigenvalue weighted by molar-refractivity contribution is 7.99. The summed E-state index contributed by atoms with van der Waals surface area (Å²) in [4.78, 5) is 11.8. The van der Waals surface area contributed by atoms with Gasteiger partial charge < -0.3 is 5.32 Å². The molecule has 1 aromatic rings. The predicted molar refractivity (Wildman–Crippen MR) is 85.0 cm³/mol. The Labute approximate surface area is 128 Å². The second-order valence-electron chi connectivity index (χ2n) is 4.21. The molecule has 1 fully saturated rings. The average molecular weight is 338 g/mol. The van der Waals surface area contributed by atoms with Crippen LogP contribution in [-0.2, 0) is 14.8 Å². The molecule has 2 rings (SSSR count). The van der Waals surface area contributed by atoms with Gasteiger partial charge in [0.1, 0.15) is 0 Å². The minimum atomic E-state index is -3.28. The predicted octanol–water partition coefficient (Wildman–Crippen LogP) is 1.08. The number of carbonyl (C=O) groups excluding carboxylic acids is 1. The molecule has 1 saturated heterocycles. The van der Waals surface area contributed by atoms with Gasteiger partial charge in [0.15, 0.2) is 0 Å². The van der Waals surface area contributed by atoms with Crippen LogP contribution in [0, 0.1) is 0 Å². The maximum absolute atomic E-state index is 11.8. The van der Waals surface area contributed by atoms with E-state index in [1.807, 2.05) is 0 Å². The van der Waals surface area contributed by atoms with Crippen LogP contribution in [0.25, 0.3) is 0 Å². The van der Waals surface area contributed by atoms with Crippen LogP contribution in [0.1, 0.15) is 0 Å². The van der Waals surface area contributed by atoms with E-state index in [9.17, 15) is 13.2 Å². The highest BCUT2D eigenvalue weighted by Crippen LogP contribution is 2.16. The molecule has 0 radical (unpaired) electrons. The van der Waals surface area contributed by atoms with E-state index in [2.05, 4.69) is 15.4 Å². The third-order valence-corrected chi connectivity index (χ3v) is 4.03. The van der Waals surface area contributed by atoms with Crippen molar-refractivity contribution in [2.45, 2.75) is 6.04 Å². The largest absolute Gasteiger partial charge is 0.325 e. The van der Waals surface area contributed by atoms with Crippen molar-refractivity contribution in [2.75, 3.05) is 27.9 Å². The molecule has 3 N–H and O–H groups in total. The third kappa shape index (κ3) is 5.20. The number of halogens is 1. The number of hydrogen-bond donors (Lipinski definition) is 3. The van der Waals surface area contributed by atoms with Crippen molar-refractivity contribution < 1.29 is 13.2 Å². The summed E-state index contributed by atoms with van der Waals surface area (Å²) >= 11 is 1.68. The van der Waals surface area contributed by atoms with Crippen LogP contribution in [0.2, 0.25) is 0 Å². The van der Waals surface area contributed by atoms with Gasteiger partial charge in [0.05, 0.1) is 12.3 Å². The monoisotopic (exact) mass is 337 g/mol. The molecule has 0 saturated carbocycles. The quantitative estimate of drug-likeness (QED) is 0.765. The van der Waals surface area contributed by atoms with Gasteiger partial charge in [0.2, 0.25) is 15.9 Å². The highest BCUT2D eigenvalue weighted by atomic mass is 35.5. The Balaban J connectivity index is 0.00000200. The fraction of sp³-hybridized carbons (Fsp3) is 0.364. The van der Waals surface area contributed by atoms with Gasteiger partial charge in [-0.25, -0.2) is 8.42 Å². The van der Waals surface area contributed by atoms with E-state index in [0.717, 1.165) is 17.9 Å². The minimum Gasteiger partial charge on any atom is -0.325 e. The van der Waals surface area contributed by atoms with Crippen molar-refractivity contribution in [2.24, 2.45) is 0 Å². The van der Waals surface area contributed by atoms with Gasteiger partial charge in [0.25, 0.3) is 0 Å². The Bertz CT molecular complexity index is 557. The number of anilines is 2. The lowest BCUT2D eigenvalue weighted by Crippen LogP contribution is -2.37. The first kappa shape index (κ1) is 17.1. The van der Waals surface area contributed by atoms with Gasteiger partial charge in [0, 0.05) is 23.0 Å². The summed E-state index contributed by atoms with van der Waals surface area (Å²) in [6.07, 6.45) is 1.09. The lowest BCUT2D eigenvalue weighted by molar-refractivity contribution is -0.117. The van der Waals surface area contributed by atoms with E-state index >= 15 is 0 Å². The first-order chi connectivity index (χ1) is 8.94. The summed E-state index contributed by atoms with van der Waals surface area (Å²) < 4.78 is 24.5. The zero-order chi connectivity index (χ0) is 13.9. The zero-order valence-electron chi connectivity index (χ0n) is 10.8. The first-order valence-electron chi connectivity index (χ1n) is 5.64. The fourth-order valence-corrected chi connectivity index (χ4v) is 3.13. The standard InChI is InChI=1S/C11H15N3O3S2.ClH/c1-19(16,17)14-9-4-2-8(3-5-9)13-11(15)10-6-18-7-12-10;/h2-5,10,12,14H,6-7H2,1H3,(H,13,15);1H. The number of benzene rings is 1. The summed E-state index contributed by atoms with van der Waals surface area (Å²) in [5.74, 6) is 1.48. The molecule has 0 bridgehead atoms. The van der Waals surface area contributed by atoms with E-state index in [4.69, 9.17) is 0 Å². The van der Waals surface area contributed by atoms with Gasteiger partial charge in [-0.1, -0.05) is 0 Å². The van der Waals surface area contributed by atoms with Crippen LogP contribution in [0.15, 0.2) is 24.3 Å². The Morgan fingerprint density at radius 1 is 1.30 bits per heavy atom.